The minimum Gasteiger partial charge on any atom is -0.437 e. The molecular formula is C18H22N5O8P. The lowest BCUT2D eigenvalue weighted by molar-refractivity contribution is -0.162. The van der Waals surface area contributed by atoms with Crippen LogP contribution in [0.4, 0.5) is 5.82 Å². The summed E-state index contributed by atoms with van der Waals surface area (Å²) in [6.07, 6.45) is -2.54. The van der Waals surface area contributed by atoms with E-state index < -0.39 is 49.9 Å². The van der Waals surface area contributed by atoms with E-state index in [0.717, 1.165) is 0 Å². The molecule has 2 fully saturated rings. The van der Waals surface area contributed by atoms with Crippen LogP contribution in [0.2, 0.25) is 0 Å². The molecule has 0 amide bonds. The van der Waals surface area contributed by atoms with Gasteiger partial charge in [0, 0.05) is 0 Å². The number of esters is 1. The summed E-state index contributed by atoms with van der Waals surface area (Å²) < 4.78 is 40.6. The Morgan fingerprint density at radius 1 is 1.50 bits per heavy atom. The Kier molecular flexibility index (Phi) is 5.49. The molecule has 2 aromatic rings. The zero-order chi connectivity index (χ0) is 23.3. The third-order valence-corrected chi connectivity index (χ3v) is 6.51. The van der Waals surface area contributed by atoms with Gasteiger partial charge in [0.25, 0.3) is 0 Å². The summed E-state index contributed by atoms with van der Waals surface area (Å²) in [5.41, 5.74) is 3.74. The largest absolute Gasteiger partial charge is 0.478 e. The van der Waals surface area contributed by atoms with Crippen molar-refractivity contribution < 1.29 is 37.5 Å². The number of fused-ring (bicyclic) bond motifs is 2. The van der Waals surface area contributed by atoms with Crippen molar-refractivity contribution in [2.45, 2.75) is 44.7 Å². The van der Waals surface area contributed by atoms with Crippen molar-refractivity contribution in [2.75, 3.05) is 19.1 Å². The number of anilines is 1. The number of phosphoric acid groups is 1. The first-order valence-corrected chi connectivity index (χ1v) is 11.1. The molecule has 2 aromatic heterocycles. The topological polar surface area (TPSA) is 181 Å². The van der Waals surface area contributed by atoms with Gasteiger partial charge in [-0.3, -0.25) is 13.8 Å². The van der Waals surface area contributed by atoms with Crippen LogP contribution in [0.25, 0.3) is 5.52 Å². The molecule has 2 saturated heterocycles. The molecule has 0 spiro atoms. The molecule has 172 valence electrons. The highest BCUT2D eigenvalue weighted by Gasteiger charge is 2.62. The van der Waals surface area contributed by atoms with E-state index in [1.54, 1.807) is 26.8 Å². The van der Waals surface area contributed by atoms with Crippen molar-refractivity contribution in [3.05, 3.63) is 24.2 Å². The SMILES string of the molecule is CC(C)(C)C(=O)OCO[P@]1(=O)OCC2O[C@@](C#N)(c3ccc4c(N)ncnn34)[C@H](O)[C@@H]2O1. The van der Waals surface area contributed by atoms with Gasteiger partial charge in [0.15, 0.2) is 5.82 Å². The summed E-state index contributed by atoms with van der Waals surface area (Å²) in [5.74, 6) is -0.403. The van der Waals surface area contributed by atoms with Crippen LogP contribution in [-0.2, 0) is 38.0 Å². The van der Waals surface area contributed by atoms with Crippen LogP contribution in [0, 0.1) is 16.7 Å². The first-order chi connectivity index (χ1) is 15.0. The number of carbonyl (C=O) groups excluding carboxylic acids is 1. The lowest BCUT2D eigenvalue weighted by atomic mass is 9.92. The number of nitrogens with two attached hydrogens (primary N) is 1. The van der Waals surface area contributed by atoms with Gasteiger partial charge in [-0.05, 0) is 32.9 Å². The predicted molar refractivity (Wildman–Crippen MR) is 106 cm³/mol. The average molecular weight is 467 g/mol. The van der Waals surface area contributed by atoms with E-state index in [4.69, 9.17) is 28.8 Å². The Morgan fingerprint density at radius 3 is 2.94 bits per heavy atom. The minimum absolute atomic E-state index is 0.173. The fourth-order valence-corrected chi connectivity index (χ4v) is 4.69. The lowest BCUT2D eigenvalue weighted by Gasteiger charge is -2.30. The van der Waals surface area contributed by atoms with Crippen LogP contribution >= 0.6 is 7.82 Å². The van der Waals surface area contributed by atoms with Crippen LogP contribution < -0.4 is 5.73 Å². The molecule has 1 unspecified atom stereocenters. The Morgan fingerprint density at radius 2 is 2.25 bits per heavy atom. The van der Waals surface area contributed by atoms with Gasteiger partial charge in [-0.25, -0.2) is 18.6 Å². The predicted octanol–water partition coefficient (Wildman–Crippen LogP) is 0.877. The number of nitrogen functional groups attached to an aromatic ring is 1. The second-order valence-electron chi connectivity index (χ2n) is 8.35. The molecular weight excluding hydrogens is 445 g/mol. The summed E-state index contributed by atoms with van der Waals surface area (Å²) in [5, 5.41) is 25.1. The number of carbonyl (C=O) groups is 1. The zero-order valence-corrected chi connectivity index (χ0v) is 18.4. The highest BCUT2D eigenvalue weighted by atomic mass is 31.2. The van der Waals surface area contributed by atoms with Crippen molar-refractivity contribution in [3.8, 4) is 6.07 Å². The van der Waals surface area contributed by atoms with Gasteiger partial charge in [-0.2, -0.15) is 10.4 Å². The third-order valence-electron chi connectivity index (χ3n) is 5.12. The number of nitrogens with zero attached hydrogens (tertiary/aromatic N) is 4. The maximum atomic E-state index is 12.8. The maximum absolute atomic E-state index is 12.8. The van der Waals surface area contributed by atoms with Gasteiger partial charge in [-0.15, -0.1) is 0 Å². The summed E-state index contributed by atoms with van der Waals surface area (Å²) >= 11 is 0. The van der Waals surface area contributed by atoms with Crippen LogP contribution in [0.1, 0.15) is 26.5 Å². The normalized spacial score (nSPS) is 32.4. The second-order valence-corrected chi connectivity index (χ2v) is 9.97. The smallest absolute Gasteiger partial charge is 0.437 e. The van der Waals surface area contributed by atoms with Gasteiger partial charge >= 0.3 is 13.8 Å². The van der Waals surface area contributed by atoms with Gasteiger partial charge in [0.2, 0.25) is 12.4 Å². The number of hydrogen-bond donors (Lipinski definition) is 2. The average Bonchev–Trinajstić information content (AvgIpc) is 3.28. The number of phosphoric ester groups is 1. The fraction of sp³-hybridized carbons (Fsp3) is 0.556. The van der Waals surface area contributed by atoms with Gasteiger partial charge < -0.3 is 20.3 Å². The van der Waals surface area contributed by atoms with E-state index in [1.807, 2.05) is 6.07 Å². The van der Waals surface area contributed by atoms with Crippen molar-refractivity contribution in [1.29, 1.82) is 5.26 Å². The molecule has 0 aliphatic carbocycles. The van der Waals surface area contributed by atoms with Crippen LogP contribution in [0.3, 0.4) is 0 Å². The standard InChI is InChI=1S/C18H22N5O8P/c1-17(2,3)16(25)27-9-29-32(26)28-6-11-13(31-32)14(24)18(7-19,30-11)12-5-4-10-15(20)21-8-22-23(10)12/h4-5,8,11,13-14,24H,6,9H2,1-3H3,(H2,20,21,22)/t11?,13-,14-,18+,32+/m1/s1. The van der Waals surface area contributed by atoms with Crippen LogP contribution in [0.15, 0.2) is 18.5 Å². The Labute approximate surface area is 182 Å². The molecule has 14 heteroatoms. The molecule has 0 bridgehead atoms. The van der Waals surface area contributed by atoms with Gasteiger partial charge in [0.05, 0.1) is 17.7 Å². The molecule has 13 nitrogen and oxygen atoms in total. The number of aromatic nitrogens is 3. The van der Waals surface area contributed by atoms with E-state index in [0.29, 0.717) is 5.52 Å². The molecule has 0 aromatic carbocycles. The summed E-state index contributed by atoms with van der Waals surface area (Å²) in [6, 6.07) is 5.07. The second kappa shape index (κ2) is 7.77. The van der Waals surface area contributed by atoms with Crippen LogP contribution in [0.5, 0.6) is 0 Å². The number of ether oxygens (including phenoxy) is 2. The van der Waals surface area contributed by atoms with Crippen LogP contribution in [-0.4, -0.2) is 57.4 Å². The molecule has 4 rings (SSSR count). The van der Waals surface area contributed by atoms with E-state index in [1.165, 1.54) is 16.9 Å². The van der Waals surface area contributed by atoms with E-state index >= 15 is 0 Å². The van der Waals surface area contributed by atoms with Gasteiger partial charge in [-0.1, -0.05) is 0 Å². The molecule has 2 aliphatic rings. The number of hydrogen-bond acceptors (Lipinski definition) is 12. The summed E-state index contributed by atoms with van der Waals surface area (Å²) in [7, 11) is -4.21. The number of rotatable bonds is 4. The molecule has 0 saturated carbocycles. The van der Waals surface area contributed by atoms with E-state index in [9.17, 15) is 19.7 Å². The van der Waals surface area contributed by atoms with Crippen molar-refractivity contribution in [2.24, 2.45) is 5.41 Å². The van der Waals surface area contributed by atoms with Crippen molar-refractivity contribution in [1.82, 2.24) is 14.6 Å². The first-order valence-electron chi connectivity index (χ1n) is 9.61. The fourth-order valence-electron chi connectivity index (χ4n) is 3.43. The highest BCUT2D eigenvalue weighted by molar-refractivity contribution is 7.48. The molecule has 5 atom stereocenters. The highest BCUT2D eigenvalue weighted by Crippen LogP contribution is 2.58. The van der Waals surface area contributed by atoms with E-state index in [-0.39, 0.29) is 18.1 Å². The molecule has 32 heavy (non-hydrogen) atoms. The number of nitriles is 1. The summed E-state index contributed by atoms with van der Waals surface area (Å²) in [4.78, 5) is 15.7. The maximum Gasteiger partial charge on any atom is 0.478 e. The minimum atomic E-state index is -4.21. The van der Waals surface area contributed by atoms with Gasteiger partial charge in [0.1, 0.15) is 36.2 Å². The third kappa shape index (κ3) is 3.65. The number of aliphatic hydroxyl groups excluding tert-OH is 1. The Bertz CT molecular complexity index is 1140. The monoisotopic (exact) mass is 467 g/mol. The quantitative estimate of drug-likeness (QED) is 0.368. The molecule has 4 heterocycles. The Balaban J connectivity index is 1.55. The van der Waals surface area contributed by atoms with E-state index in [2.05, 4.69) is 10.1 Å². The summed E-state index contributed by atoms with van der Waals surface area (Å²) in [6.45, 7) is 3.97. The Hall–Kier alpha value is -2.59. The van der Waals surface area contributed by atoms with Crippen molar-refractivity contribution in [3.63, 3.8) is 0 Å². The lowest BCUT2D eigenvalue weighted by Crippen LogP contribution is -2.43. The number of aliphatic hydroxyl groups is 1. The first kappa shape index (κ1) is 22.6. The zero-order valence-electron chi connectivity index (χ0n) is 17.5. The molecule has 3 N–H and O–H groups in total. The van der Waals surface area contributed by atoms with Crippen molar-refractivity contribution >= 4 is 25.1 Å². The molecule has 2 aliphatic heterocycles. The molecule has 0 radical (unpaired) electrons.